The van der Waals surface area contributed by atoms with Crippen LogP contribution in [-0.4, -0.2) is 13.1 Å². The van der Waals surface area contributed by atoms with Crippen molar-refractivity contribution in [1.29, 1.82) is 0 Å². The summed E-state index contributed by atoms with van der Waals surface area (Å²) in [5.41, 5.74) is -1.28. The Balaban J connectivity index is 2.63. The van der Waals surface area contributed by atoms with Crippen molar-refractivity contribution in [1.82, 2.24) is 0 Å². The number of carbonyl (C=O) groups excluding carboxylic acids is 1. The standard InChI is InChI=1S/C15H10F4O2/c1-21-14(20)10-6-9(7-11(16)8-10)12-4-2-3-5-13(12)15(17,18)19/h2-8H,1H3. The molecule has 0 aliphatic carbocycles. The van der Waals surface area contributed by atoms with E-state index >= 15 is 0 Å². The van der Waals surface area contributed by atoms with Crippen LogP contribution in [0.3, 0.4) is 0 Å². The third-order valence-electron chi connectivity index (χ3n) is 2.86. The van der Waals surface area contributed by atoms with Crippen LogP contribution in [0, 0.1) is 5.82 Å². The van der Waals surface area contributed by atoms with Crippen LogP contribution < -0.4 is 0 Å². The first-order valence-electron chi connectivity index (χ1n) is 5.88. The second kappa shape index (κ2) is 5.55. The molecule has 0 spiro atoms. The Morgan fingerprint density at radius 1 is 1.10 bits per heavy atom. The highest BCUT2D eigenvalue weighted by atomic mass is 19.4. The third kappa shape index (κ3) is 3.21. The number of hydrogen-bond acceptors (Lipinski definition) is 2. The number of rotatable bonds is 2. The van der Waals surface area contributed by atoms with Crippen molar-refractivity contribution < 1.29 is 27.1 Å². The summed E-state index contributed by atoms with van der Waals surface area (Å²) in [6.07, 6.45) is -4.58. The van der Waals surface area contributed by atoms with Gasteiger partial charge in [-0.3, -0.25) is 0 Å². The van der Waals surface area contributed by atoms with E-state index in [4.69, 9.17) is 0 Å². The van der Waals surface area contributed by atoms with Gasteiger partial charge in [0.2, 0.25) is 0 Å². The maximum Gasteiger partial charge on any atom is 0.417 e. The van der Waals surface area contributed by atoms with E-state index in [1.165, 1.54) is 24.3 Å². The topological polar surface area (TPSA) is 26.3 Å². The average molecular weight is 298 g/mol. The first kappa shape index (κ1) is 15.0. The fourth-order valence-corrected chi connectivity index (χ4v) is 1.96. The molecule has 0 aliphatic heterocycles. The smallest absolute Gasteiger partial charge is 0.417 e. The average Bonchev–Trinajstić information content (AvgIpc) is 2.45. The lowest BCUT2D eigenvalue weighted by Crippen LogP contribution is -2.07. The highest BCUT2D eigenvalue weighted by Gasteiger charge is 2.33. The van der Waals surface area contributed by atoms with Gasteiger partial charge in [-0.05, 0) is 35.4 Å². The number of halogens is 4. The van der Waals surface area contributed by atoms with E-state index in [-0.39, 0.29) is 16.7 Å². The molecule has 2 rings (SSSR count). The summed E-state index contributed by atoms with van der Waals surface area (Å²) in [6.45, 7) is 0. The molecule has 0 bridgehead atoms. The first-order valence-corrected chi connectivity index (χ1v) is 5.88. The van der Waals surface area contributed by atoms with Crippen LogP contribution in [0.4, 0.5) is 17.6 Å². The van der Waals surface area contributed by atoms with Gasteiger partial charge in [0.05, 0.1) is 18.2 Å². The molecule has 0 aliphatic rings. The summed E-state index contributed by atoms with van der Waals surface area (Å²) in [6, 6.07) is 7.79. The monoisotopic (exact) mass is 298 g/mol. The second-order valence-electron chi connectivity index (χ2n) is 4.26. The zero-order valence-electron chi connectivity index (χ0n) is 10.9. The Hall–Kier alpha value is -2.37. The molecule has 0 unspecified atom stereocenters. The van der Waals surface area contributed by atoms with Gasteiger partial charge in [-0.15, -0.1) is 0 Å². The Morgan fingerprint density at radius 2 is 1.76 bits per heavy atom. The summed E-state index contributed by atoms with van der Waals surface area (Å²) in [7, 11) is 1.11. The molecule has 6 heteroatoms. The molecule has 0 amide bonds. The van der Waals surface area contributed by atoms with Crippen molar-refractivity contribution >= 4 is 5.97 Å². The van der Waals surface area contributed by atoms with Crippen LogP contribution in [0.2, 0.25) is 0 Å². The number of hydrogen-bond donors (Lipinski definition) is 0. The molecule has 0 atom stereocenters. The van der Waals surface area contributed by atoms with E-state index in [9.17, 15) is 22.4 Å². The number of methoxy groups -OCH3 is 1. The van der Waals surface area contributed by atoms with Crippen LogP contribution in [-0.2, 0) is 10.9 Å². The van der Waals surface area contributed by atoms with Crippen molar-refractivity contribution in [3.05, 3.63) is 59.4 Å². The van der Waals surface area contributed by atoms with E-state index in [1.54, 1.807) is 0 Å². The van der Waals surface area contributed by atoms with Crippen molar-refractivity contribution in [3.8, 4) is 11.1 Å². The van der Waals surface area contributed by atoms with E-state index < -0.39 is 23.5 Å². The molecular formula is C15H10F4O2. The third-order valence-corrected chi connectivity index (χ3v) is 2.86. The summed E-state index contributed by atoms with van der Waals surface area (Å²) in [5.74, 6) is -1.63. The maximum atomic E-state index is 13.5. The van der Waals surface area contributed by atoms with Crippen molar-refractivity contribution in [2.75, 3.05) is 7.11 Å². The largest absolute Gasteiger partial charge is 0.465 e. The van der Waals surface area contributed by atoms with Gasteiger partial charge in [0.25, 0.3) is 0 Å². The Morgan fingerprint density at radius 3 is 2.38 bits per heavy atom. The molecule has 2 aromatic rings. The lowest BCUT2D eigenvalue weighted by molar-refractivity contribution is -0.137. The molecule has 0 fully saturated rings. The summed E-state index contributed by atoms with van der Waals surface area (Å²) < 4.78 is 56.9. The summed E-state index contributed by atoms with van der Waals surface area (Å²) in [4.78, 5) is 11.4. The lowest BCUT2D eigenvalue weighted by Gasteiger charge is -2.13. The molecule has 0 saturated carbocycles. The predicted molar refractivity (Wildman–Crippen MR) is 68.2 cm³/mol. The molecular weight excluding hydrogens is 288 g/mol. The minimum atomic E-state index is -4.58. The number of carbonyl (C=O) groups is 1. The van der Waals surface area contributed by atoms with Crippen LogP contribution in [0.15, 0.2) is 42.5 Å². The summed E-state index contributed by atoms with van der Waals surface area (Å²) in [5, 5.41) is 0. The number of esters is 1. The van der Waals surface area contributed by atoms with Crippen molar-refractivity contribution in [3.63, 3.8) is 0 Å². The van der Waals surface area contributed by atoms with Gasteiger partial charge in [-0.1, -0.05) is 18.2 Å². The van der Waals surface area contributed by atoms with Gasteiger partial charge in [0.15, 0.2) is 0 Å². The highest BCUT2D eigenvalue weighted by Crippen LogP contribution is 2.37. The minimum Gasteiger partial charge on any atom is -0.465 e. The van der Waals surface area contributed by atoms with Crippen molar-refractivity contribution in [2.45, 2.75) is 6.18 Å². The number of ether oxygens (including phenoxy) is 1. The van der Waals surface area contributed by atoms with Crippen molar-refractivity contribution in [2.24, 2.45) is 0 Å². The van der Waals surface area contributed by atoms with E-state index in [0.29, 0.717) is 0 Å². The first-order chi connectivity index (χ1) is 9.82. The van der Waals surface area contributed by atoms with Gasteiger partial charge >= 0.3 is 12.1 Å². The van der Waals surface area contributed by atoms with E-state index in [1.807, 2.05) is 0 Å². The molecule has 0 heterocycles. The zero-order valence-corrected chi connectivity index (χ0v) is 10.9. The molecule has 2 aromatic carbocycles. The Labute approximate surface area is 118 Å². The van der Waals surface area contributed by atoms with Gasteiger partial charge in [-0.2, -0.15) is 13.2 Å². The molecule has 110 valence electrons. The normalized spacial score (nSPS) is 11.3. The lowest BCUT2D eigenvalue weighted by atomic mass is 9.97. The maximum absolute atomic E-state index is 13.5. The van der Waals surface area contributed by atoms with Gasteiger partial charge in [0, 0.05) is 0 Å². The van der Waals surface area contributed by atoms with Crippen LogP contribution in [0.25, 0.3) is 11.1 Å². The van der Waals surface area contributed by atoms with E-state index in [0.717, 1.165) is 25.3 Å². The molecule has 0 aromatic heterocycles. The number of benzene rings is 2. The predicted octanol–water partition coefficient (Wildman–Crippen LogP) is 4.30. The molecule has 0 N–H and O–H groups in total. The Kier molecular flexibility index (Phi) is 3.97. The quantitative estimate of drug-likeness (QED) is 0.610. The Bertz CT molecular complexity index is 678. The van der Waals surface area contributed by atoms with Gasteiger partial charge < -0.3 is 4.74 Å². The molecule has 0 radical (unpaired) electrons. The minimum absolute atomic E-state index is 0.0386. The van der Waals surface area contributed by atoms with Crippen LogP contribution in [0.5, 0.6) is 0 Å². The molecule has 0 saturated heterocycles. The molecule has 21 heavy (non-hydrogen) atoms. The van der Waals surface area contributed by atoms with Gasteiger partial charge in [0.1, 0.15) is 5.82 Å². The van der Waals surface area contributed by atoms with Crippen LogP contribution in [0.1, 0.15) is 15.9 Å². The summed E-state index contributed by atoms with van der Waals surface area (Å²) >= 11 is 0. The fourth-order valence-electron chi connectivity index (χ4n) is 1.96. The molecule has 2 nitrogen and oxygen atoms in total. The second-order valence-corrected chi connectivity index (χ2v) is 4.26. The zero-order chi connectivity index (χ0) is 15.6. The van der Waals surface area contributed by atoms with E-state index in [2.05, 4.69) is 4.74 Å². The van der Waals surface area contributed by atoms with Crippen LogP contribution >= 0.6 is 0 Å². The highest BCUT2D eigenvalue weighted by molar-refractivity contribution is 5.91. The SMILES string of the molecule is COC(=O)c1cc(F)cc(-c2ccccc2C(F)(F)F)c1. The number of alkyl halides is 3. The fraction of sp³-hybridized carbons (Fsp3) is 0.133. The van der Waals surface area contributed by atoms with Gasteiger partial charge in [-0.25, -0.2) is 9.18 Å².